The van der Waals surface area contributed by atoms with Crippen LogP contribution in [0.5, 0.6) is 5.75 Å². The number of ether oxygens (including phenoxy) is 2. The molecule has 0 fully saturated rings. The first-order valence-electron chi connectivity index (χ1n) is 5.67. The number of hydrogen-bond acceptors (Lipinski definition) is 5. The fourth-order valence-electron chi connectivity index (χ4n) is 1.12. The van der Waals surface area contributed by atoms with Gasteiger partial charge in [0.15, 0.2) is 12.4 Å². The van der Waals surface area contributed by atoms with E-state index in [1.807, 2.05) is 6.07 Å². The minimum atomic E-state index is -0.664. The SMILES string of the molecule is CC(=O)COC(=O)CNC(=O)COc1ccccc1. The predicted molar refractivity (Wildman–Crippen MR) is 66.6 cm³/mol. The van der Waals surface area contributed by atoms with Crippen LogP contribution in [0.4, 0.5) is 0 Å². The Bertz CT molecular complexity index is 444. The molecule has 0 aromatic heterocycles. The zero-order chi connectivity index (χ0) is 14.1. The van der Waals surface area contributed by atoms with Crippen molar-refractivity contribution in [1.82, 2.24) is 5.32 Å². The van der Waals surface area contributed by atoms with Crippen LogP contribution >= 0.6 is 0 Å². The van der Waals surface area contributed by atoms with Crippen LogP contribution in [-0.4, -0.2) is 37.4 Å². The zero-order valence-corrected chi connectivity index (χ0v) is 10.5. The lowest BCUT2D eigenvalue weighted by Crippen LogP contribution is -2.34. The van der Waals surface area contributed by atoms with Crippen molar-refractivity contribution >= 4 is 17.7 Å². The van der Waals surface area contributed by atoms with Crippen LogP contribution in [0.25, 0.3) is 0 Å². The maximum atomic E-state index is 11.3. The Morgan fingerprint density at radius 3 is 2.42 bits per heavy atom. The molecule has 0 bridgehead atoms. The summed E-state index contributed by atoms with van der Waals surface area (Å²) in [6.45, 7) is 0.545. The number of ketones is 1. The van der Waals surface area contributed by atoms with Gasteiger partial charge in [0, 0.05) is 0 Å². The first kappa shape index (κ1) is 14.7. The van der Waals surface area contributed by atoms with Crippen LogP contribution in [0.3, 0.4) is 0 Å². The van der Waals surface area contributed by atoms with Gasteiger partial charge >= 0.3 is 5.97 Å². The Morgan fingerprint density at radius 1 is 1.11 bits per heavy atom. The number of hydrogen-bond donors (Lipinski definition) is 1. The highest BCUT2D eigenvalue weighted by Crippen LogP contribution is 2.07. The second kappa shape index (κ2) is 7.86. The van der Waals surface area contributed by atoms with Gasteiger partial charge < -0.3 is 14.8 Å². The van der Waals surface area contributed by atoms with E-state index in [1.165, 1.54) is 6.92 Å². The maximum Gasteiger partial charge on any atom is 0.325 e. The van der Waals surface area contributed by atoms with Gasteiger partial charge in [-0.25, -0.2) is 0 Å². The maximum absolute atomic E-state index is 11.3. The van der Waals surface area contributed by atoms with Gasteiger partial charge in [0.2, 0.25) is 0 Å². The molecule has 1 aromatic rings. The largest absolute Gasteiger partial charge is 0.484 e. The molecule has 1 rings (SSSR count). The van der Waals surface area contributed by atoms with E-state index < -0.39 is 11.9 Å². The van der Waals surface area contributed by atoms with E-state index in [1.54, 1.807) is 24.3 Å². The Morgan fingerprint density at radius 2 is 1.79 bits per heavy atom. The lowest BCUT2D eigenvalue weighted by molar-refractivity contribution is -0.147. The lowest BCUT2D eigenvalue weighted by Gasteiger charge is -2.07. The van der Waals surface area contributed by atoms with Crippen LogP contribution in [0.2, 0.25) is 0 Å². The van der Waals surface area contributed by atoms with Crippen LogP contribution in [0, 0.1) is 0 Å². The molecule has 0 heterocycles. The number of para-hydroxylation sites is 1. The van der Waals surface area contributed by atoms with E-state index in [2.05, 4.69) is 10.1 Å². The fourth-order valence-corrected chi connectivity index (χ4v) is 1.12. The smallest absolute Gasteiger partial charge is 0.325 e. The number of carbonyl (C=O) groups is 3. The topological polar surface area (TPSA) is 81.7 Å². The molecule has 102 valence electrons. The summed E-state index contributed by atoms with van der Waals surface area (Å²) in [7, 11) is 0. The molecule has 0 atom stereocenters. The van der Waals surface area contributed by atoms with Gasteiger partial charge in [0.05, 0.1) is 0 Å². The standard InChI is InChI=1S/C13H15NO5/c1-10(15)8-19-13(17)7-14-12(16)9-18-11-5-3-2-4-6-11/h2-6H,7-9H2,1H3,(H,14,16). The minimum Gasteiger partial charge on any atom is -0.484 e. The normalized spacial score (nSPS) is 9.53. The summed E-state index contributed by atoms with van der Waals surface area (Å²) in [6.07, 6.45) is 0. The molecule has 6 heteroatoms. The van der Waals surface area contributed by atoms with Gasteiger partial charge in [0.25, 0.3) is 5.91 Å². The molecule has 0 spiro atoms. The second-order valence-corrected chi connectivity index (χ2v) is 3.74. The first-order valence-corrected chi connectivity index (χ1v) is 5.67. The van der Waals surface area contributed by atoms with Crippen LogP contribution in [0.15, 0.2) is 30.3 Å². The van der Waals surface area contributed by atoms with Crippen molar-refractivity contribution in [1.29, 1.82) is 0 Å². The number of Topliss-reactive ketones (excluding diaryl/α,β-unsaturated/α-hetero) is 1. The van der Waals surface area contributed by atoms with Crippen LogP contribution < -0.4 is 10.1 Å². The minimum absolute atomic E-state index is 0.190. The molecule has 19 heavy (non-hydrogen) atoms. The fraction of sp³-hybridized carbons (Fsp3) is 0.308. The van der Waals surface area contributed by atoms with E-state index in [-0.39, 0.29) is 25.5 Å². The quantitative estimate of drug-likeness (QED) is 0.718. The zero-order valence-electron chi connectivity index (χ0n) is 10.5. The molecule has 0 saturated carbocycles. The number of benzene rings is 1. The third kappa shape index (κ3) is 6.82. The highest BCUT2D eigenvalue weighted by atomic mass is 16.5. The molecular weight excluding hydrogens is 250 g/mol. The summed E-state index contributed by atoms with van der Waals surface area (Å²) in [6, 6.07) is 8.83. The van der Waals surface area contributed by atoms with Gasteiger partial charge in [-0.2, -0.15) is 0 Å². The lowest BCUT2D eigenvalue weighted by atomic mass is 10.3. The summed E-state index contributed by atoms with van der Waals surface area (Å²) >= 11 is 0. The Hall–Kier alpha value is -2.37. The molecule has 0 unspecified atom stereocenters. The molecule has 0 saturated heterocycles. The van der Waals surface area contributed by atoms with E-state index in [0.29, 0.717) is 5.75 Å². The van der Waals surface area contributed by atoms with E-state index in [0.717, 1.165) is 0 Å². The van der Waals surface area contributed by atoms with E-state index >= 15 is 0 Å². The molecule has 6 nitrogen and oxygen atoms in total. The van der Waals surface area contributed by atoms with Crippen molar-refractivity contribution in [3.05, 3.63) is 30.3 Å². The second-order valence-electron chi connectivity index (χ2n) is 3.74. The van der Waals surface area contributed by atoms with E-state index in [4.69, 9.17) is 4.74 Å². The molecule has 1 aromatic carbocycles. The average molecular weight is 265 g/mol. The van der Waals surface area contributed by atoms with Gasteiger partial charge in [-0.15, -0.1) is 0 Å². The average Bonchev–Trinajstić information content (AvgIpc) is 2.41. The number of amides is 1. The van der Waals surface area contributed by atoms with Gasteiger partial charge in [-0.3, -0.25) is 14.4 Å². The Labute approximate surface area is 110 Å². The molecule has 0 aliphatic rings. The summed E-state index contributed by atoms with van der Waals surface area (Å²) < 4.78 is 9.75. The van der Waals surface area contributed by atoms with Crippen LogP contribution in [-0.2, 0) is 19.1 Å². The van der Waals surface area contributed by atoms with Crippen LogP contribution in [0.1, 0.15) is 6.92 Å². The van der Waals surface area contributed by atoms with Gasteiger partial charge in [-0.05, 0) is 19.1 Å². The number of nitrogens with one attached hydrogen (secondary N) is 1. The Balaban J connectivity index is 2.17. The molecular formula is C13H15NO5. The third-order valence-corrected chi connectivity index (χ3v) is 1.98. The molecule has 0 radical (unpaired) electrons. The molecule has 1 N–H and O–H groups in total. The van der Waals surface area contributed by atoms with Crippen molar-refractivity contribution in [3.8, 4) is 5.75 Å². The predicted octanol–water partition coefficient (Wildman–Crippen LogP) is 0.314. The van der Waals surface area contributed by atoms with Gasteiger partial charge in [0.1, 0.15) is 18.9 Å². The summed E-state index contributed by atoms with van der Waals surface area (Å²) in [5, 5.41) is 2.33. The highest BCUT2D eigenvalue weighted by Gasteiger charge is 2.08. The van der Waals surface area contributed by atoms with Crippen molar-refractivity contribution in [2.75, 3.05) is 19.8 Å². The van der Waals surface area contributed by atoms with Crippen molar-refractivity contribution in [2.24, 2.45) is 0 Å². The van der Waals surface area contributed by atoms with Crippen molar-refractivity contribution < 1.29 is 23.9 Å². The monoisotopic (exact) mass is 265 g/mol. The first-order chi connectivity index (χ1) is 9.08. The Kier molecular flexibility index (Phi) is 6.08. The number of rotatable bonds is 7. The summed E-state index contributed by atoms with van der Waals surface area (Å²) in [5.41, 5.74) is 0. The summed E-state index contributed by atoms with van der Waals surface area (Å²) in [4.78, 5) is 33.0. The van der Waals surface area contributed by atoms with Gasteiger partial charge in [-0.1, -0.05) is 18.2 Å². The molecule has 0 aliphatic carbocycles. The van der Waals surface area contributed by atoms with Crippen molar-refractivity contribution in [3.63, 3.8) is 0 Å². The van der Waals surface area contributed by atoms with Crippen molar-refractivity contribution in [2.45, 2.75) is 6.92 Å². The molecule has 0 aliphatic heterocycles. The number of esters is 1. The van der Waals surface area contributed by atoms with E-state index in [9.17, 15) is 14.4 Å². The summed E-state index contributed by atoms with van der Waals surface area (Å²) in [5.74, 6) is -0.796. The molecule has 1 amide bonds. The highest BCUT2D eigenvalue weighted by molar-refractivity contribution is 5.84. The number of carbonyl (C=O) groups excluding carboxylic acids is 3. The third-order valence-electron chi connectivity index (χ3n) is 1.98.